The molecule has 0 bridgehead atoms. The van der Waals surface area contributed by atoms with Gasteiger partial charge >= 0.3 is 0 Å². The Morgan fingerprint density at radius 3 is 2.93 bits per heavy atom. The van der Waals surface area contributed by atoms with Gasteiger partial charge in [-0.15, -0.1) is 21.5 Å². The van der Waals surface area contributed by atoms with Gasteiger partial charge in [-0.25, -0.2) is 0 Å². The third-order valence-corrected chi connectivity index (χ3v) is 5.23. The van der Waals surface area contributed by atoms with Gasteiger partial charge in [-0.05, 0) is 36.6 Å². The molecule has 9 heteroatoms. The van der Waals surface area contributed by atoms with Gasteiger partial charge in [-0.3, -0.25) is 9.69 Å². The van der Waals surface area contributed by atoms with Crippen LogP contribution in [0.4, 0.5) is 5.69 Å². The molecule has 148 valence electrons. The van der Waals surface area contributed by atoms with Crippen LogP contribution in [0, 0.1) is 0 Å². The van der Waals surface area contributed by atoms with Crippen LogP contribution in [-0.2, 0) is 16.1 Å². The van der Waals surface area contributed by atoms with E-state index in [1.807, 2.05) is 29.3 Å². The molecular weight excluding hydrogens is 400 g/mol. The quantitative estimate of drug-likeness (QED) is 0.565. The predicted octanol–water partition coefficient (Wildman–Crippen LogP) is 3.93. The zero-order valence-electron chi connectivity index (χ0n) is 15.6. The van der Waals surface area contributed by atoms with Crippen molar-refractivity contribution in [3.8, 4) is 10.8 Å². The van der Waals surface area contributed by atoms with E-state index in [1.54, 1.807) is 31.4 Å². The molecule has 0 radical (unpaired) electrons. The zero-order valence-corrected chi connectivity index (χ0v) is 17.2. The lowest BCUT2D eigenvalue weighted by Crippen LogP contribution is -2.43. The first-order valence-corrected chi connectivity index (χ1v) is 9.98. The number of carbonyl (C=O) groups excluding carboxylic acids is 1. The monoisotopic (exact) mass is 420 g/mol. The average molecular weight is 421 g/mol. The summed E-state index contributed by atoms with van der Waals surface area (Å²) in [5.74, 6) is 0.769. The molecule has 1 aromatic carbocycles. The summed E-state index contributed by atoms with van der Waals surface area (Å²) in [6.45, 7) is 3.18. The van der Waals surface area contributed by atoms with Crippen molar-refractivity contribution in [2.75, 3.05) is 25.6 Å². The van der Waals surface area contributed by atoms with Gasteiger partial charge in [0, 0.05) is 24.4 Å². The molecule has 28 heavy (non-hydrogen) atoms. The SMILES string of the molecule is COCCN(Cc1nnc(-c2cccs2)o1)[C@@H](C)C(=O)Nc1cccc(Cl)c1. The number of nitrogens with zero attached hydrogens (tertiary/aromatic N) is 3. The molecule has 1 N–H and O–H groups in total. The van der Waals surface area contributed by atoms with E-state index in [0.717, 1.165) is 4.88 Å². The van der Waals surface area contributed by atoms with Crippen molar-refractivity contribution in [1.82, 2.24) is 15.1 Å². The first-order valence-electron chi connectivity index (χ1n) is 8.72. The Bertz CT molecular complexity index is 900. The third kappa shape index (κ3) is 5.39. The van der Waals surface area contributed by atoms with Crippen LogP contribution in [0.5, 0.6) is 0 Å². The number of nitrogens with one attached hydrogen (secondary N) is 1. The topological polar surface area (TPSA) is 80.5 Å². The molecule has 0 unspecified atom stereocenters. The summed E-state index contributed by atoms with van der Waals surface area (Å²) in [5.41, 5.74) is 0.647. The molecule has 3 aromatic rings. The number of rotatable bonds is 9. The highest BCUT2D eigenvalue weighted by atomic mass is 35.5. The second-order valence-electron chi connectivity index (χ2n) is 6.12. The van der Waals surface area contributed by atoms with Crippen molar-refractivity contribution in [1.29, 1.82) is 0 Å². The Kier molecular flexibility index (Phi) is 7.16. The summed E-state index contributed by atoms with van der Waals surface area (Å²) in [5, 5.41) is 13.6. The summed E-state index contributed by atoms with van der Waals surface area (Å²) < 4.78 is 10.9. The number of amides is 1. The van der Waals surface area contributed by atoms with Crippen molar-refractivity contribution >= 4 is 34.5 Å². The van der Waals surface area contributed by atoms with Crippen LogP contribution in [-0.4, -0.2) is 47.3 Å². The number of thiophene rings is 1. The largest absolute Gasteiger partial charge is 0.419 e. The van der Waals surface area contributed by atoms with E-state index in [-0.39, 0.29) is 5.91 Å². The third-order valence-electron chi connectivity index (χ3n) is 4.14. The Morgan fingerprint density at radius 1 is 1.36 bits per heavy atom. The van der Waals surface area contributed by atoms with Gasteiger partial charge in [0.25, 0.3) is 5.89 Å². The second-order valence-corrected chi connectivity index (χ2v) is 7.50. The Morgan fingerprint density at radius 2 is 2.21 bits per heavy atom. The van der Waals surface area contributed by atoms with E-state index in [9.17, 15) is 4.79 Å². The lowest BCUT2D eigenvalue weighted by Gasteiger charge is -2.26. The molecule has 2 aromatic heterocycles. The average Bonchev–Trinajstić information content (AvgIpc) is 3.36. The number of ether oxygens (including phenoxy) is 1. The standard InChI is InChI=1S/C19H21ClN4O3S/c1-13(18(25)21-15-6-3-5-14(20)11-15)24(8-9-26-2)12-17-22-23-19(27-17)16-7-4-10-28-16/h3-7,10-11,13H,8-9,12H2,1-2H3,(H,21,25)/t13-/m0/s1. The van der Waals surface area contributed by atoms with Crippen molar-refractivity contribution in [3.63, 3.8) is 0 Å². The van der Waals surface area contributed by atoms with Crippen LogP contribution in [0.3, 0.4) is 0 Å². The number of hydrogen-bond acceptors (Lipinski definition) is 7. The number of hydrogen-bond donors (Lipinski definition) is 1. The van der Waals surface area contributed by atoms with Crippen molar-refractivity contribution in [2.45, 2.75) is 19.5 Å². The molecule has 0 fully saturated rings. The zero-order chi connectivity index (χ0) is 19.9. The van der Waals surface area contributed by atoms with E-state index in [4.69, 9.17) is 20.8 Å². The number of aromatic nitrogens is 2. The van der Waals surface area contributed by atoms with Crippen molar-refractivity contribution in [2.24, 2.45) is 0 Å². The first-order chi connectivity index (χ1) is 13.6. The highest BCUT2D eigenvalue weighted by molar-refractivity contribution is 7.13. The smallest absolute Gasteiger partial charge is 0.257 e. The van der Waals surface area contributed by atoms with Gasteiger partial charge in [0.15, 0.2) is 0 Å². The molecular formula is C19H21ClN4O3S. The predicted molar refractivity (Wildman–Crippen MR) is 109 cm³/mol. The molecule has 0 spiro atoms. The Balaban J connectivity index is 1.69. The molecule has 0 aliphatic rings. The van der Waals surface area contributed by atoms with Crippen molar-refractivity contribution < 1.29 is 13.9 Å². The minimum absolute atomic E-state index is 0.156. The maximum atomic E-state index is 12.7. The lowest BCUT2D eigenvalue weighted by atomic mass is 10.2. The molecule has 0 saturated carbocycles. The Labute approximate surface area is 172 Å². The van der Waals surface area contributed by atoms with E-state index >= 15 is 0 Å². The van der Waals surface area contributed by atoms with E-state index in [1.165, 1.54) is 11.3 Å². The Hall–Kier alpha value is -2.26. The van der Waals surface area contributed by atoms with E-state index < -0.39 is 6.04 Å². The minimum atomic E-state index is -0.439. The van der Waals surface area contributed by atoms with Crippen LogP contribution < -0.4 is 5.32 Å². The van der Waals surface area contributed by atoms with Crippen LogP contribution in [0.2, 0.25) is 5.02 Å². The van der Waals surface area contributed by atoms with Crippen molar-refractivity contribution in [3.05, 3.63) is 52.7 Å². The highest BCUT2D eigenvalue weighted by Gasteiger charge is 2.24. The fraction of sp³-hybridized carbons (Fsp3) is 0.316. The molecule has 1 atom stereocenters. The van der Waals surface area contributed by atoms with Gasteiger partial charge in [-0.1, -0.05) is 23.7 Å². The molecule has 0 saturated heterocycles. The van der Waals surface area contributed by atoms with Gasteiger partial charge < -0.3 is 14.5 Å². The second kappa shape index (κ2) is 9.79. The van der Waals surface area contributed by atoms with Crippen LogP contribution in [0.15, 0.2) is 46.2 Å². The van der Waals surface area contributed by atoms with Gasteiger partial charge in [0.2, 0.25) is 11.8 Å². The number of methoxy groups -OCH3 is 1. The lowest BCUT2D eigenvalue weighted by molar-refractivity contribution is -0.121. The number of benzene rings is 1. The van der Waals surface area contributed by atoms with Gasteiger partial charge in [-0.2, -0.15) is 0 Å². The van der Waals surface area contributed by atoms with Crippen LogP contribution in [0.25, 0.3) is 10.8 Å². The van der Waals surface area contributed by atoms with Crippen LogP contribution in [0.1, 0.15) is 12.8 Å². The minimum Gasteiger partial charge on any atom is -0.419 e. The highest BCUT2D eigenvalue weighted by Crippen LogP contribution is 2.23. The summed E-state index contributed by atoms with van der Waals surface area (Å²) in [6, 6.07) is 10.5. The van der Waals surface area contributed by atoms with E-state index in [0.29, 0.717) is 42.2 Å². The molecule has 7 nitrogen and oxygen atoms in total. The normalized spacial score (nSPS) is 12.3. The summed E-state index contributed by atoms with van der Waals surface area (Å²) in [6.07, 6.45) is 0. The number of halogens is 1. The fourth-order valence-corrected chi connectivity index (χ4v) is 3.42. The number of anilines is 1. The van der Waals surface area contributed by atoms with Crippen LogP contribution >= 0.6 is 22.9 Å². The molecule has 0 aliphatic carbocycles. The number of carbonyl (C=O) groups is 1. The maximum absolute atomic E-state index is 12.7. The maximum Gasteiger partial charge on any atom is 0.257 e. The fourth-order valence-electron chi connectivity index (χ4n) is 2.59. The van der Waals surface area contributed by atoms with Gasteiger partial charge in [0.05, 0.1) is 24.1 Å². The van der Waals surface area contributed by atoms with E-state index in [2.05, 4.69) is 15.5 Å². The molecule has 3 rings (SSSR count). The summed E-state index contributed by atoms with van der Waals surface area (Å²) >= 11 is 7.52. The molecule has 1 amide bonds. The van der Waals surface area contributed by atoms with Gasteiger partial charge in [0.1, 0.15) is 0 Å². The molecule has 2 heterocycles. The summed E-state index contributed by atoms with van der Waals surface area (Å²) in [4.78, 5) is 15.5. The first kappa shape index (κ1) is 20.5. The molecule has 0 aliphatic heterocycles. The summed E-state index contributed by atoms with van der Waals surface area (Å²) in [7, 11) is 1.62.